The summed E-state index contributed by atoms with van der Waals surface area (Å²) < 4.78 is 0. The van der Waals surface area contributed by atoms with E-state index in [-0.39, 0.29) is 0 Å². The fraction of sp³-hybridized carbons (Fsp3) is 0.625. The summed E-state index contributed by atoms with van der Waals surface area (Å²) in [6.07, 6.45) is 2.41. The first-order chi connectivity index (χ1) is 10.1. The van der Waals surface area contributed by atoms with Gasteiger partial charge in [0.1, 0.15) is 10.6 Å². The van der Waals surface area contributed by atoms with Crippen molar-refractivity contribution in [3.8, 4) is 0 Å². The maximum atomic E-state index is 4.75. The smallest absolute Gasteiger partial charge is 0.226 e. The average molecular weight is 304 g/mol. The van der Waals surface area contributed by atoms with Crippen LogP contribution in [-0.4, -0.2) is 30.1 Å². The van der Waals surface area contributed by atoms with Gasteiger partial charge in [0.05, 0.1) is 5.39 Å². The topological polar surface area (TPSA) is 41.1 Å². The van der Waals surface area contributed by atoms with Crippen LogP contribution >= 0.6 is 11.3 Å². The normalized spacial score (nSPS) is 20.8. The second-order valence-corrected chi connectivity index (χ2v) is 7.16. The van der Waals surface area contributed by atoms with Gasteiger partial charge in [-0.25, -0.2) is 4.98 Å². The van der Waals surface area contributed by atoms with Crippen molar-refractivity contribution in [2.24, 2.45) is 11.8 Å². The number of hydrogen-bond acceptors (Lipinski definition) is 5. The van der Waals surface area contributed by atoms with Gasteiger partial charge in [0.25, 0.3) is 0 Å². The van der Waals surface area contributed by atoms with Crippen molar-refractivity contribution in [1.29, 1.82) is 0 Å². The maximum Gasteiger partial charge on any atom is 0.226 e. The number of thiophene rings is 1. The predicted molar refractivity (Wildman–Crippen MR) is 91.5 cm³/mol. The first-order valence-corrected chi connectivity index (χ1v) is 8.69. The Bertz CT molecular complexity index is 636. The molecule has 2 aromatic heterocycles. The largest absolute Gasteiger partial charge is 0.359 e. The monoisotopic (exact) mass is 304 g/mol. The third-order valence-corrected chi connectivity index (χ3v) is 5.43. The van der Waals surface area contributed by atoms with E-state index in [1.807, 2.05) is 0 Å². The lowest BCUT2D eigenvalue weighted by atomic mass is 10.2. The van der Waals surface area contributed by atoms with Crippen LogP contribution in [0.1, 0.15) is 32.1 Å². The number of hydrogen-bond donors (Lipinski definition) is 1. The highest BCUT2D eigenvalue weighted by molar-refractivity contribution is 7.18. The molecule has 0 radical (unpaired) electrons. The third kappa shape index (κ3) is 2.98. The SMILES string of the molecule is CCNc1nc(N(C)CC2CC2C)c2cc(CC)sc2n1. The fourth-order valence-corrected chi connectivity index (χ4v) is 3.71. The first-order valence-electron chi connectivity index (χ1n) is 7.87. The molecule has 5 heteroatoms. The molecule has 0 aromatic carbocycles. The zero-order chi connectivity index (χ0) is 15.0. The summed E-state index contributed by atoms with van der Waals surface area (Å²) in [5.74, 6) is 3.52. The van der Waals surface area contributed by atoms with Crippen molar-refractivity contribution < 1.29 is 0 Å². The average Bonchev–Trinajstić information content (AvgIpc) is 3.00. The summed E-state index contributed by atoms with van der Waals surface area (Å²) in [7, 11) is 2.16. The predicted octanol–water partition coefficient (Wildman–Crippen LogP) is 3.78. The van der Waals surface area contributed by atoms with Gasteiger partial charge in [-0.05, 0) is 37.7 Å². The Morgan fingerprint density at radius 1 is 1.38 bits per heavy atom. The zero-order valence-corrected chi connectivity index (χ0v) is 14.1. The molecule has 1 saturated carbocycles. The zero-order valence-electron chi connectivity index (χ0n) is 13.3. The number of aromatic nitrogens is 2. The minimum absolute atomic E-state index is 0.750. The van der Waals surface area contributed by atoms with Crippen molar-refractivity contribution in [3.05, 3.63) is 10.9 Å². The molecule has 4 nitrogen and oxygen atoms in total. The van der Waals surface area contributed by atoms with Crippen LogP contribution in [0.25, 0.3) is 10.2 Å². The highest BCUT2D eigenvalue weighted by Gasteiger charge is 2.33. The van der Waals surface area contributed by atoms with Crippen molar-refractivity contribution in [3.63, 3.8) is 0 Å². The molecule has 0 spiro atoms. The summed E-state index contributed by atoms with van der Waals surface area (Å²) in [6, 6.07) is 2.26. The number of anilines is 2. The standard InChI is InChI=1S/C16H24N4S/c1-5-12-8-13-14(20(4)9-11-7-10(11)3)18-16(17-6-2)19-15(13)21-12/h8,10-11H,5-7,9H2,1-4H3,(H,17,18,19). The second kappa shape index (κ2) is 5.79. The molecule has 1 aliphatic carbocycles. The molecular weight excluding hydrogens is 280 g/mol. The maximum absolute atomic E-state index is 4.75. The summed E-state index contributed by atoms with van der Waals surface area (Å²) in [5.41, 5.74) is 0. The van der Waals surface area contributed by atoms with E-state index < -0.39 is 0 Å². The molecule has 0 saturated heterocycles. The Hall–Kier alpha value is -1.36. The van der Waals surface area contributed by atoms with Gasteiger partial charge in [0.15, 0.2) is 0 Å². The van der Waals surface area contributed by atoms with E-state index in [1.165, 1.54) is 16.7 Å². The Labute approximate surface area is 130 Å². The summed E-state index contributed by atoms with van der Waals surface area (Å²) in [4.78, 5) is 14.2. The lowest BCUT2D eigenvalue weighted by Crippen LogP contribution is -2.22. The first kappa shape index (κ1) is 14.6. The molecule has 0 bridgehead atoms. The van der Waals surface area contributed by atoms with Gasteiger partial charge in [-0.1, -0.05) is 13.8 Å². The van der Waals surface area contributed by atoms with Gasteiger partial charge in [-0.2, -0.15) is 4.98 Å². The van der Waals surface area contributed by atoms with Crippen LogP contribution in [0.5, 0.6) is 0 Å². The number of nitrogens with zero attached hydrogens (tertiary/aromatic N) is 3. The molecule has 3 rings (SSSR count). The van der Waals surface area contributed by atoms with Crippen molar-refractivity contribution in [2.75, 3.05) is 30.4 Å². The Kier molecular flexibility index (Phi) is 4.02. The number of nitrogens with one attached hydrogen (secondary N) is 1. The number of fused-ring (bicyclic) bond motifs is 1. The minimum atomic E-state index is 0.750. The van der Waals surface area contributed by atoms with E-state index in [1.54, 1.807) is 11.3 Å². The quantitative estimate of drug-likeness (QED) is 0.882. The second-order valence-electron chi connectivity index (χ2n) is 6.04. The van der Waals surface area contributed by atoms with E-state index in [0.29, 0.717) is 0 Å². The molecule has 1 aliphatic rings. The Morgan fingerprint density at radius 2 is 2.14 bits per heavy atom. The molecule has 1 N–H and O–H groups in total. The number of aryl methyl sites for hydroxylation is 1. The van der Waals surface area contributed by atoms with Crippen LogP contribution < -0.4 is 10.2 Å². The van der Waals surface area contributed by atoms with Gasteiger partial charge in [0, 0.05) is 25.0 Å². The van der Waals surface area contributed by atoms with Crippen LogP contribution in [0.4, 0.5) is 11.8 Å². The van der Waals surface area contributed by atoms with Crippen molar-refractivity contribution >= 4 is 33.3 Å². The summed E-state index contributed by atoms with van der Waals surface area (Å²) in [5, 5.41) is 4.46. The van der Waals surface area contributed by atoms with E-state index in [0.717, 1.165) is 47.9 Å². The molecule has 2 atom stereocenters. The van der Waals surface area contributed by atoms with Gasteiger partial charge in [-0.15, -0.1) is 11.3 Å². The van der Waals surface area contributed by atoms with E-state index >= 15 is 0 Å². The van der Waals surface area contributed by atoms with Crippen LogP contribution in [0.3, 0.4) is 0 Å². The highest BCUT2D eigenvalue weighted by Crippen LogP contribution is 2.40. The molecule has 2 unspecified atom stereocenters. The molecule has 2 aromatic rings. The fourth-order valence-electron chi connectivity index (χ4n) is 2.75. The van der Waals surface area contributed by atoms with Crippen LogP contribution in [0, 0.1) is 11.8 Å². The number of rotatable bonds is 6. The van der Waals surface area contributed by atoms with Crippen LogP contribution in [0.15, 0.2) is 6.07 Å². The van der Waals surface area contributed by atoms with E-state index in [9.17, 15) is 0 Å². The molecule has 2 heterocycles. The Balaban J connectivity index is 1.98. The van der Waals surface area contributed by atoms with Gasteiger partial charge in [0.2, 0.25) is 5.95 Å². The molecule has 21 heavy (non-hydrogen) atoms. The molecule has 114 valence electrons. The third-order valence-electron chi connectivity index (χ3n) is 4.25. The van der Waals surface area contributed by atoms with Gasteiger partial charge in [-0.3, -0.25) is 0 Å². The molecular formula is C16H24N4S. The van der Waals surface area contributed by atoms with Crippen molar-refractivity contribution in [1.82, 2.24) is 9.97 Å². The van der Waals surface area contributed by atoms with Crippen LogP contribution in [0.2, 0.25) is 0 Å². The lowest BCUT2D eigenvalue weighted by Gasteiger charge is -2.19. The summed E-state index contributed by atoms with van der Waals surface area (Å²) in [6.45, 7) is 8.54. The highest BCUT2D eigenvalue weighted by atomic mass is 32.1. The Morgan fingerprint density at radius 3 is 2.76 bits per heavy atom. The molecule has 0 amide bonds. The van der Waals surface area contributed by atoms with Crippen LogP contribution in [-0.2, 0) is 6.42 Å². The summed E-state index contributed by atoms with van der Waals surface area (Å²) >= 11 is 1.79. The lowest BCUT2D eigenvalue weighted by molar-refractivity contribution is 0.721. The molecule has 0 aliphatic heterocycles. The van der Waals surface area contributed by atoms with E-state index in [4.69, 9.17) is 4.98 Å². The van der Waals surface area contributed by atoms with Gasteiger partial charge < -0.3 is 10.2 Å². The van der Waals surface area contributed by atoms with E-state index in [2.05, 4.69) is 49.1 Å². The van der Waals surface area contributed by atoms with Gasteiger partial charge >= 0.3 is 0 Å². The minimum Gasteiger partial charge on any atom is -0.359 e. The molecule has 1 fully saturated rings. The van der Waals surface area contributed by atoms with Crippen molar-refractivity contribution in [2.45, 2.75) is 33.6 Å².